The Morgan fingerprint density at radius 1 is 1.38 bits per heavy atom. The quantitative estimate of drug-likeness (QED) is 0.666. The van der Waals surface area contributed by atoms with Gasteiger partial charge in [0.1, 0.15) is 6.07 Å². The van der Waals surface area contributed by atoms with E-state index in [1.54, 1.807) is 43.6 Å². The van der Waals surface area contributed by atoms with Crippen molar-refractivity contribution in [3.05, 3.63) is 53.3 Å². The Morgan fingerprint density at radius 3 is 2.92 bits per heavy atom. The second-order valence-corrected chi connectivity index (χ2v) is 6.87. The maximum atomic E-state index is 12.3. The van der Waals surface area contributed by atoms with E-state index in [1.807, 2.05) is 6.07 Å². The van der Waals surface area contributed by atoms with Crippen molar-refractivity contribution >= 4 is 35.0 Å². The predicted molar refractivity (Wildman–Crippen MR) is 97.6 cm³/mol. The van der Waals surface area contributed by atoms with E-state index in [1.165, 1.54) is 6.07 Å². The zero-order valence-electron chi connectivity index (χ0n) is 13.5. The molecule has 3 rings (SSSR count). The van der Waals surface area contributed by atoms with Gasteiger partial charge in [0.05, 0.1) is 21.4 Å². The van der Waals surface area contributed by atoms with Crippen molar-refractivity contribution in [3.8, 4) is 17.5 Å². The van der Waals surface area contributed by atoms with Crippen LogP contribution in [0, 0.1) is 11.3 Å². The summed E-state index contributed by atoms with van der Waals surface area (Å²) in [7, 11) is 0. The zero-order valence-corrected chi connectivity index (χ0v) is 15.1. The van der Waals surface area contributed by atoms with Crippen LogP contribution in [0.3, 0.4) is 0 Å². The number of nitrogens with zero attached hydrogens (tertiary/aromatic N) is 4. The third-order valence-corrected chi connectivity index (χ3v) is 4.57. The first-order chi connectivity index (χ1) is 12.6. The van der Waals surface area contributed by atoms with Crippen molar-refractivity contribution in [2.24, 2.45) is 0 Å². The lowest BCUT2D eigenvalue weighted by atomic mass is 10.2. The smallest absolute Gasteiger partial charge is 0.277 e. The highest BCUT2D eigenvalue weighted by atomic mass is 35.5. The normalized spacial score (nSPS) is 11.6. The molecule has 0 bridgehead atoms. The molecule has 0 unspecified atom stereocenters. The minimum atomic E-state index is -0.480. The van der Waals surface area contributed by atoms with E-state index in [2.05, 4.69) is 20.5 Å². The number of hydrogen-bond donors (Lipinski definition) is 1. The van der Waals surface area contributed by atoms with Gasteiger partial charge < -0.3 is 9.73 Å². The van der Waals surface area contributed by atoms with E-state index in [4.69, 9.17) is 21.3 Å². The van der Waals surface area contributed by atoms with Crippen LogP contribution in [0.15, 0.2) is 52.4 Å². The molecule has 1 atom stereocenters. The highest BCUT2D eigenvalue weighted by Crippen LogP contribution is 2.27. The molecular formula is C17H12ClN5O2S. The minimum absolute atomic E-state index is 0.253. The second kappa shape index (κ2) is 7.99. The summed E-state index contributed by atoms with van der Waals surface area (Å²) in [4.78, 5) is 16.3. The molecule has 0 saturated carbocycles. The molecule has 1 aromatic carbocycles. The number of nitriles is 1. The lowest BCUT2D eigenvalue weighted by Gasteiger charge is -2.10. The number of anilines is 1. The molecule has 26 heavy (non-hydrogen) atoms. The number of rotatable bonds is 5. The lowest BCUT2D eigenvalue weighted by molar-refractivity contribution is -0.115. The Bertz CT molecular complexity index is 971. The van der Waals surface area contributed by atoms with Gasteiger partial charge in [-0.2, -0.15) is 5.26 Å². The van der Waals surface area contributed by atoms with Gasteiger partial charge in [0, 0.05) is 18.1 Å². The Kier molecular flexibility index (Phi) is 5.51. The van der Waals surface area contributed by atoms with Crippen molar-refractivity contribution in [3.63, 3.8) is 0 Å². The molecule has 7 nitrogen and oxygen atoms in total. The summed E-state index contributed by atoms with van der Waals surface area (Å²) in [5, 5.41) is 19.6. The summed E-state index contributed by atoms with van der Waals surface area (Å²) < 4.78 is 5.55. The van der Waals surface area contributed by atoms with Gasteiger partial charge >= 0.3 is 0 Å². The highest BCUT2D eigenvalue weighted by molar-refractivity contribution is 8.00. The Labute approximate surface area is 158 Å². The molecule has 1 N–H and O–H groups in total. The monoisotopic (exact) mass is 385 g/mol. The van der Waals surface area contributed by atoms with Crippen LogP contribution in [0.2, 0.25) is 5.02 Å². The lowest BCUT2D eigenvalue weighted by Crippen LogP contribution is -2.22. The molecule has 0 aliphatic rings. The van der Waals surface area contributed by atoms with Crippen LogP contribution in [0.5, 0.6) is 0 Å². The van der Waals surface area contributed by atoms with Crippen LogP contribution in [-0.4, -0.2) is 26.3 Å². The number of carbonyl (C=O) groups is 1. The predicted octanol–water partition coefficient (Wildman–Crippen LogP) is 3.78. The molecule has 0 radical (unpaired) electrons. The Balaban J connectivity index is 1.64. The molecule has 0 aliphatic carbocycles. The molecule has 1 amide bonds. The Morgan fingerprint density at radius 2 is 2.23 bits per heavy atom. The fraction of sp³-hybridized carbons (Fsp3) is 0.118. The van der Waals surface area contributed by atoms with E-state index in [-0.39, 0.29) is 16.2 Å². The van der Waals surface area contributed by atoms with Crippen molar-refractivity contribution in [1.82, 2.24) is 15.2 Å². The van der Waals surface area contributed by atoms with Gasteiger partial charge in [-0.1, -0.05) is 23.4 Å². The number of halogens is 1. The molecule has 0 saturated heterocycles. The fourth-order valence-electron chi connectivity index (χ4n) is 2.00. The molecule has 0 aliphatic heterocycles. The number of hydrogen-bond acceptors (Lipinski definition) is 7. The summed E-state index contributed by atoms with van der Waals surface area (Å²) in [6, 6.07) is 10.2. The van der Waals surface area contributed by atoms with Gasteiger partial charge in [-0.3, -0.25) is 9.78 Å². The molecule has 9 heteroatoms. The Hall–Kier alpha value is -2.89. The minimum Gasteiger partial charge on any atom is -0.411 e. The average molecular weight is 386 g/mol. The number of nitrogens with one attached hydrogen (secondary N) is 1. The summed E-state index contributed by atoms with van der Waals surface area (Å²) in [6.07, 6.45) is 3.27. The van der Waals surface area contributed by atoms with Crippen LogP contribution in [0.1, 0.15) is 12.5 Å². The van der Waals surface area contributed by atoms with Crippen LogP contribution >= 0.6 is 23.4 Å². The standard InChI is InChI=1S/C17H12ClN5O2S/c1-10(15(24)21-13-5-4-11(8-19)14(18)7-13)26-17-23-22-16(25-17)12-3-2-6-20-9-12/h2-7,9-10H,1H3,(H,21,24)/t10-/m1/s1. The topological polar surface area (TPSA) is 105 Å². The molecule has 2 aromatic heterocycles. The van der Waals surface area contributed by atoms with Crippen LogP contribution in [0.4, 0.5) is 5.69 Å². The van der Waals surface area contributed by atoms with E-state index in [0.29, 0.717) is 22.7 Å². The van der Waals surface area contributed by atoms with E-state index in [9.17, 15) is 4.79 Å². The fourth-order valence-corrected chi connectivity index (χ4v) is 2.90. The maximum Gasteiger partial charge on any atom is 0.277 e. The molecule has 130 valence electrons. The number of benzene rings is 1. The largest absolute Gasteiger partial charge is 0.411 e. The van der Waals surface area contributed by atoms with Crippen molar-refractivity contribution in [2.45, 2.75) is 17.4 Å². The summed E-state index contributed by atoms with van der Waals surface area (Å²) >= 11 is 7.11. The molecule has 3 aromatic rings. The van der Waals surface area contributed by atoms with Gasteiger partial charge in [0.25, 0.3) is 5.22 Å². The van der Waals surface area contributed by atoms with E-state index >= 15 is 0 Å². The number of amides is 1. The number of thioether (sulfide) groups is 1. The first-order valence-corrected chi connectivity index (χ1v) is 8.73. The van der Waals surface area contributed by atoms with Crippen LogP contribution in [0.25, 0.3) is 11.5 Å². The van der Waals surface area contributed by atoms with Crippen molar-refractivity contribution < 1.29 is 9.21 Å². The summed E-state index contributed by atoms with van der Waals surface area (Å²) in [6.45, 7) is 1.72. The summed E-state index contributed by atoms with van der Waals surface area (Å²) in [5.74, 6) is 0.0870. The maximum absolute atomic E-state index is 12.3. The third-order valence-electron chi connectivity index (χ3n) is 3.32. The van der Waals surface area contributed by atoms with Crippen molar-refractivity contribution in [1.29, 1.82) is 5.26 Å². The van der Waals surface area contributed by atoms with Gasteiger partial charge in [-0.25, -0.2) is 0 Å². The van der Waals surface area contributed by atoms with E-state index in [0.717, 1.165) is 11.8 Å². The molecule has 0 spiro atoms. The molecule has 0 fully saturated rings. The van der Waals surface area contributed by atoms with Gasteiger partial charge in [-0.15, -0.1) is 10.2 Å². The van der Waals surface area contributed by atoms with E-state index < -0.39 is 5.25 Å². The first-order valence-electron chi connectivity index (χ1n) is 7.48. The van der Waals surface area contributed by atoms with Gasteiger partial charge in [-0.05, 0) is 37.3 Å². The average Bonchev–Trinajstić information content (AvgIpc) is 3.11. The van der Waals surface area contributed by atoms with Crippen LogP contribution < -0.4 is 5.32 Å². The summed E-state index contributed by atoms with van der Waals surface area (Å²) in [5.41, 5.74) is 1.56. The van der Waals surface area contributed by atoms with Gasteiger partial charge in [0.15, 0.2) is 0 Å². The van der Waals surface area contributed by atoms with Crippen LogP contribution in [-0.2, 0) is 4.79 Å². The second-order valence-electron chi connectivity index (χ2n) is 5.17. The molecular weight excluding hydrogens is 374 g/mol. The van der Waals surface area contributed by atoms with Gasteiger partial charge in [0.2, 0.25) is 11.8 Å². The SMILES string of the molecule is C[C@@H](Sc1nnc(-c2cccnc2)o1)C(=O)Nc1ccc(C#N)c(Cl)c1. The van der Waals surface area contributed by atoms with Crippen molar-refractivity contribution in [2.75, 3.05) is 5.32 Å². The number of pyridine rings is 1. The third kappa shape index (κ3) is 4.20. The zero-order chi connectivity index (χ0) is 18.5. The number of carbonyl (C=O) groups excluding carboxylic acids is 1. The highest BCUT2D eigenvalue weighted by Gasteiger charge is 2.19. The first kappa shape index (κ1) is 17.9. The molecule has 2 heterocycles. The number of aromatic nitrogens is 3.